The van der Waals surface area contributed by atoms with Crippen molar-refractivity contribution in [3.8, 4) is 23.0 Å². The molecule has 1 aliphatic rings. The number of methoxy groups -OCH3 is 4. The topological polar surface area (TPSA) is 63.2 Å². The van der Waals surface area contributed by atoms with Gasteiger partial charge in [0.1, 0.15) is 23.0 Å². The Labute approximate surface area is 139 Å². The standard InChI is InChI=1S/C18H18O6/c1-20-10-5-6-12(14(8-10)22-3)17-16-13(18(19)24-17)7-11(21-2)9-15(16)23-4/h5-9,17H,1-4H3. The minimum Gasteiger partial charge on any atom is -0.497 e. The molecule has 0 N–H and O–H groups in total. The van der Waals surface area contributed by atoms with E-state index in [2.05, 4.69) is 0 Å². The molecule has 0 spiro atoms. The number of carbonyl (C=O) groups is 1. The van der Waals surface area contributed by atoms with Gasteiger partial charge in [0.15, 0.2) is 6.10 Å². The Balaban J connectivity index is 2.16. The van der Waals surface area contributed by atoms with Crippen molar-refractivity contribution in [2.75, 3.05) is 28.4 Å². The number of ether oxygens (including phenoxy) is 5. The number of fused-ring (bicyclic) bond motifs is 1. The molecule has 24 heavy (non-hydrogen) atoms. The summed E-state index contributed by atoms with van der Waals surface area (Å²) in [6.07, 6.45) is -0.616. The molecule has 2 aromatic carbocycles. The molecule has 1 atom stereocenters. The fourth-order valence-corrected chi connectivity index (χ4v) is 2.81. The first-order valence-electron chi connectivity index (χ1n) is 7.31. The molecular weight excluding hydrogens is 312 g/mol. The van der Waals surface area contributed by atoms with Crippen LogP contribution >= 0.6 is 0 Å². The number of rotatable bonds is 5. The Hall–Kier alpha value is -2.89. The van der Waals surface area contributed by atoms with Crippen molar-refractivity contribution in [2.45, 2.75) is 6.10 Å². The molecule has 126 valence electrons. The minimum absolute atomic E-state index is 0.425. The first-order chi connectivity index (χ1) is 11.6. The third-order valence-electron chi connectivity index (χ3n) is 4.00. The van der Waals surface area contributed by atoms with E-state index < -0.39 is 12.1 Å². The Morgan fingerprint density at radius 2 is 1.50 bits per heavy atom. The van der Waals surface area contributed by atoms with Crippen LogP contribution in [0.15, 0.2) is 30.3 Å². The summed E-state index contributed by atoms with van der Waals surface area (Å²) in [7, 11) is 6.21. The van der Waals surface area contributed by atoms with Crippen molar-refractivity contribution in [1.29, 1.82) is 0 Å². The van der Waals surface area contributed by atoms with Gasteiger partial charge in [-0.25, -0.2) is 4.79 Å². The maximum atomic E-state index is 12.3. The second-order valence-corrected chi connectivity index (χ2v) is 5.18. The van der Waals surface area contributed by atoms with E-state index in [1.54, 1.807) is 45.6 Å². The Morgan fingerprint density at radius 1 is 0.833 bits per heavy atom. The lowest BCUT2D eigenvalue weighted by molar-refractivity contribution is 0.0451. The van der Waals surface area contributed by atoms with Crippen molar-refractivity contribution in [1.82, 2.24) is 0 Å². The fourth-order valence-electron chi connectivity index (χ4n) is 2.81. The van der Waals surface area contributed by atoms with Crippen LogP contribution in [0.5, 0.6) is 23.0 Å². The number of hydrogen-bond donors (Lipinski definition) is 0. The van der Waals surface area contributed by atoms with Crippen LogP contribution in [0.1, 0.15) is 27.6 Å². The van der Waals surface area contributed by atoms with E-state index >= 15 is 0 Å². The van der Waals surface area contributed by atoms with Crippen LogP contribution in [-0.4, -0.2) is 34.4 Å². The molecule has 0 aromatic heterocycles. The maximum absolute atomic E-state index is 12.3. The van der Waals surface area contributed by atoms with Gasteiger partial charge in [-0.2, -0.15) is 0 Å². The second-order valence-electron chi connectivity index (χ2n) is 5.18. The second kappa shape index (κ2) is 6.31. The highest BCUT2D eigenvalue weighted by molar-refractivity contribution is 5.96. The molecule has 1 unspecified atom stereocenters. The summed E-state index contributed by atoms with van der Waals surface area (Å²) in [6, 6.07) is 8.73. The molecule has 0 fully saturated rings. The molecule has 6 heteroatoms. The van der Waals surface area contributed by atoms with E-state index in [0.29, 0.717) is 39.7 Å². The van der Waals surface area contributed by atoms with E-state index in [4.69, 9.17) is 23.7 Å². The number of carbonyl (C=O) groups excluding carboxylic acids is 1. The van der Waals surface area contributed by atoms with Gasteiger partial charge in [0.25, 0.3) is 0 Å². The molecule has 1 heterocycles. The third kappa shape index (κ3) is 2.50. The van der Waals surface area contributed by atoms with Crippen LogP contribution < -0.4 is 18.9 Å². The summed E-state index contributed by atoms with van der Waals surface area (Å²) in [6.45, 7) is 0. The molecular formula is C18H18O6. The van der Waals surface area contributed by atoms with Crippen LogP contribution in [0.3, 0.4) is 0 Å². The van der Waals surface area contributed by atoms with Crippen LogP contribution in [-0.2, 0) is 4.74 Å². The van der Waals surface area contributed by atoms with Gasteiger partial charge in [-0.3, -0.25) is 0 Å². The van der Waals surface area contributed by atoms with Gasteiger partial charge in [0.05, 0.1) is 39.6 Å². The Bertz CT molecular complexity index is 783. The monoisotopic (exact) mass is 330 g/mol. The van der Waals surface area contributed by atoms with E-state index in [1.165, 1.54) is 7.11 Å². The van der Waals surface area contributed by atoms with Gasteiger partial charge in [0, 0.05) is 17.7 Å². The summed E-state index contributed by atoms with van der Waals surface area (Å²) in [5, 5.41) is 0. The summed E-state index contributed by atoms with van der Waals surface area (Å²) in [5.41, 5.74) is 1.80. The van der Waals surface area contributed by atoms with Gasteiger partial charge in [-0.1, -0.05) is 0 Å². The zero-order valence-electron chi connectivity index (χ0n) is 13.9. The zero-order chi connectivity index (χ0) is 17.3. The average molecular weight is 330 g/mol. The molecule has 0 radical (unpaired) electrons. The smallest absolute Gasteiger partial charge is 0.339 e. The van der Waals surface area contributed by atoms with Crippen LogP contribution in [0.2, 0.25) is 0 Å². The van der Waals surface area contributed by atoms with Crippen molar-refractivity contribution in [3.63, 3.8) is 0 Å². The minimum atomic E-state index is -0.616. The first-order valence-corrected chi connectivity index (χ1v) is 7.31. The molecule has 0 amide bonds. The van der Waals surface area contributed by atoms with Gasteiger partial charge in [-0.05, 0) is 18.2 Å². The predicted octanol–water partition coefficient (Wildman–Crippen LogP) is 2.98. The predicted molar refractivity (Wildman–Crippen MR) is 86.4 cm³/mol. The molecule has 0 aliphatic carbocycles. The summed E-state index contributed by atoms with van der Waals surface area (Å²) in [5.74, 6) is 1.85. The van der Waals surface area contributed by atoms with Gasteiger partial charge < -0.3 is 23.7 Å². The van der Waals surface area contributed by atoms with Crippen molar-refractivity contribution >= 4 is 5.97 Å². The number of cyclic esters (lactones) is 1. The first kappa shape index (κ1) is 16.0. The molecule has 1 aliphatic heterocycles. The molecule has 0 saturated carbocycles. The lowest BCUT2D eigenvalue weighted by Crippen LogP contribution is -2.04. The highest BCUT2D eigenvalue weighted by Crippen LogP contribution is 2.46. The quantitative estimate of drug-likeness (QED) is 0.786. The van der Waals surface area contributed by atoms with Gasteiger partial charge >= 0.3 is 5.97 Å². The molecule has 0 bridgehead atoms. The third-order valence-corrected chi connectivity index (χ3v) is 4.00. The van der Waals surface area contributed by atoms with Crippen LogP contribution in [0.25, 0.3) is 0 Å². The van der Waals surface area contributed by atoms with Crippen molar-refractivity contribution in [3.05, 3.63) is 47.0 Å². The molecule has 2 aromatic rings. The molecule has 3 rings (SSSR count). The largest absolute Gasteiger partial charge is 0.497 e. The normalized spacial score (nSPS) is 15.5. The van der Waals surface area contributed by atoms with Gasteiger partial charge in [0.2, 0.25) is 0 Å². The lowest BCUT2D eigenvalue weighted by Gasteiger charge is -2.18. The van der Waals surface area contributed by atoms with E-state index in [9.17, 15) is 4.79 Å². The average Bonchev–Trinajstić information content (AvgIpc) is 2.96. The summed E-state index contributed by atoms with van der Waals surface area (Å²) >= 11 is 0. The van der Waals surface area contributed by atoms with E-state index in [-0.39, 0.29) is 0 Å². The highest BCUT2D eigenvalue weighted by atomic mass is 16.6. The van der Waals surface area contributed by atoms with E-state index in [0.717, 1.165) is 0 Å². The fraction of sp³-hybridized carbons (Fsp3) is 0.278. The summed E-state index contributed by atoms with van der Waals surface area (Å²) in [4.78, 5) is 12.3. The molecule has 6 nitrogen and oxygen atoms in total. The van der Waals surface area contributed by atoms with E-state index in [1.807, 2.05) is 6.07 Å². The Morgan fingerprint density at radius 3 is 2.12 bits per heavy atom. The number of benzene rings is 2. The maximum Gasteiger partial charge on any atom is 0.339 e. The number of hydrogen-bond acceptors (Lipinski definition) is 6. The summed E-state index contributed by atoms with van der Waals surface area (Å²) < 4.78 is 26.9. The molecule has 0 saturated heterocycles. The van der Waals surface area contributed by atoms with Gasteiger partial charge in [-0.15, -0.1) is 0 Å². The number of esters is 1. The lowest BCUT2D eigenvalue weighted by atomic mass is 9.97. The van der Waals surface area contributed by atoms with Crippen LogP contribution in [0, 0.1) is 0 Å². The van der Waals surface area contributed by atoms with Crippen molar-refractivity contribution in [2.24, 2.45) is 0 Å². The van der Waals surface area contributed by atoms with Crippen LogP contribution in [0.4, 0.5) is 0 Å². The highest BCUT2D eigenvalue weighted by Gasteiger charge is 2.37. The van der Waals surface area contributed by atoms with Crippen molar-refractivity contribution < 1.29 is 28.5 Å². The zero-order valence-corrected chi connectivity index (χ0v) is 13.9. The SMILES string of the molecule is COc1ccc(C2OC(=O)c3cc(OC)cc(OC)c32)c(OC)c1. The Kier molecular flexibility index (Phi) is 4.20.